The fourth-order valence-corrected chi connectivity index (χ4v) is 5.34. The molecule has 0 spiro atoms. The molecule has 3 heterocycles. The van der Waals surface area contributed by atoms with Crippen molar-refractivity contribution in [2.24, 2.45) is 11.1 Å². The molecule has 0 bridgehead atoms. The Morgan fingerprint density at radius 1 is 1.12 bits per heavy atom. The summed E-state index contributed by atoms with van der Waals surface area (Å²) in [6.07, 6.45) is 5.38. The molecule has 2 aliphatic rings. The summed E-state index contributed by atoms with van der Waals surface area (Å²) in [7, 11) is 3.83. The number of halogens is 1. The molecule has 0 unspecified atom stereocenters. The van der Waals surface area contributed by atoms with Crippen molar-refractivity contribution in [1.82, 2.24) is 19.8 Å². The number of carbonyl (C=O) groups is 3. The number of nitrogens with two attached hydrogens (primary N) is 1. The van der Waals surface area contributed by atoms with Crippen LogP contribution < -0.4 is 20.7 Å². The van der Waals surface area contributed by atoms with Crippen molar-refractivity contribution in [2.75, 3.05) is 37.4 Å². The average Bonchev–Trinajstić information content (AvgIpc) is 3.59. The number of nitrogens with zero attached hydrogens (tertiary/aromatic N) is 5. The van der Waals surface area contributed by atoms with Gasteiger partial charge in [-0.2, -0.15) is 0 Å². The number of urea groups is 1. The van der Waals surface area contributed by atoms with Crippen LogP contribution in [0.5, 0.6) is 11.5 Å². The van der Waals surface area contributed by atoms with Gasteiger partial charge < -0.3 is 20.3 Å². The molecule has 1 aliphatic carbocycles. The maximum Gasteiger partial charge on any atom is 0.323 e. The van der Waals surface area contributed by atoms with Crippen LogP contribution in [0.2, 0.25) is 0 Å². The second-order valence-electron chi connectivity index (χ2n) is 10.1. The largest absolute Gasteiger partial charge is 0.457 e. The van der Waals surface area contributed by atoms with E-state index in [-0.39, 0.29) is 28.6 Å². The molecule has 40 heavy (non-hydrogen) atoms. The first-order valence-corrected chi connectivity index (χ1v) is 13.8. The van der Waals surface area contributed by atoms with Crippen molar-refractivity contribution in [3.05, 3.63) is 53.9 Å². The summed E-state index contributed by atoms with van der Waals surface area (Å²) < 4.78 is 21.2. The van der Waals surface area contributed by atoms with Crippen molar-refractivity contribution in [3.63, 3.8) is 0 Å². The zero-order valence-corrected chi connectivity index (χ0v) is 23.0. The maximum atomic E-state index is 15.4. The smallest absolute Gasteiger partial charge is 0.323 e. The molecule has 3 N–H and O–H groups in total. The Morgan fingerprint density at radius 2 is 1.85 bits per heavy atom. The molecule has 2 aromatic heterocycles. The molecule has 13 heteroatoms. The Morgan fingerprint density at radius 3 is 2.48 bits per heavy atom. The third-order valence-electron chi connectivity index (χ3n) is 7.36. The highest BCUT2D eigenvalue weighted by molar-refractivity contribution is 7.13. The number of anilines is 3. The fraction of sp³-hybridized carbons (Fsp3) is 0.370. The number of rotatable bonds is 8. The van der Waals surface area contributed by atoms with Crippen molar-refractivity contribution >= 4 is 45.8 Å². The van der Waals surface area contributed by atoms with Crippen LogP contribution in [-0.4, -0.2) is 70.8 Å². The van der Waals surface area contributed by atoms with Gasteiger partial charge in [-0.05, 0) is 64.0 Å². The van der Waals surface area contributed by atoms with Crippen LogP contribution in [0.4, 0.5) is 25.8 Å². The minimum atomic E-state index is -1.35. The van der Waals surface area contributed by atoms with Crippen molar-refractivity contribution in [2.45, 2.75) is 31.7 Å². The topological polar surface area (TPSA) is 134 Å². The predicted molar refractivity (Wildman–Crippen MR) is 148 cm³/mol. The van der Waals surface area contributed by atoms with Gasteiger partial charge in [0, 0.05) is 43.0 Å². The number of thiazole rings is 1. The lowest BCUT2D eigenvalue weighted by atomic mass is 10.0. The Kier molecular flexibility index (Phi) is 7.68. The second-order valence-corrected chi connectivity index (χ2v) is 10.9. The van der Waals surface area contributed by atoms with E-state index in [9.17, 15) is 14.4 Å². The summed E-state index contributed by atoms with van der Waals surface area (Å²) in [5, 5.41) is 4.67. The molecule has 1 aliphatic heterocycles. The van der Waals surface area contributed by atoms with E-state index in [1.54, 1.807) is 29.5 Å². The molecule has 2 fully saturated rings. The quantitative estimate of drug-likeness (QED) is 0.394. The summed E-state index contributed by atoms with van der Waals surface area (Å²) in [4.78, 5) is 51.5. The molecule has 0 radical (unpaired) electrons. The molecule has 0 atom stereocenters. The highest BCUT2D eigenvalue weighted by atomic mass is 32.1. The van der Waals surface area contributed by atoms with Crippen LogP contribution in [-0.2, 0) is 9.59 Å². The van der Waals surface area contributed by atoms with Crippen molar-refractivity contribution in [3.8, 4) is 11.5 Å². The molecule has 1 aromatic carbocycles. The number of carbonyl (C=O) groups excluding carboxylic acids is 3. The lowest BCUT2D eigenvalue weighted by Crippen LogP contribution is -2.46. The van der Waals surface area contributed by atoms with Crippen LogP contribution in [0.3, 0.4) is 0 Å². The third-order valence-corrected chi connectivity index (χ3v) is 8.12. The Hall–Kier alpha value is -4.10. The summed E-state index contributed by atoms with van der Waals surface area (Å²) in [6.45, 7) is 1.86. The van der Waals surface area contributed by atoms with Gasteiger partial charge >= 0.3 is 6.03 Å². The number of hydrogen-bond donors (Lipinski definition) is 2. The van der Waals surface area contributed by atoms with E-state index in [0.29, 0.717) is 24.4 Å². The molecule has 1 saturated heterocycles. The Balaban J connectivity index is 1.30. The number of primary amides is 1. The number of amides is 4. The number of likely N-dealkylation sites (tertiary alicyclic amines) is 1. The van der Waals surface area contributed by atoms with E-state index in [1.165, 1.54) is 24.5 Å². The SMILES string of the molecule is CN1CCC(N(C)C(=O)Nc2cc(Oc3ccc(N(C(=O)C4(C(N)=O)CC4)c4nccs4)c(F)c3)ccn2)CC1. The first-order valence-electron chi connectivity index (χ1n) is 12.9. The normalized spacial score (nSPS) is 16.7. The molecule has 4 amide bonds. The fourth-order valence-electron chi connectivity index (χ4n) is 4.69. The van der Waals surface area contributed by atoms with Gasteiger partial charge in [0.2, 0.25) is 11.8 Å². The number of benzene rings is 1. The molecule has 1 saturated carbocycles. The first-order chi connectivity index (χ1) is 19.2. The van der Waals surface area contributed by atoms with Gasteiger partial charge in [0.25, 0.3) is 0 Å². The first kappa shape index (κ1) is 27.5. The van der Waals surface area contributed by atoms with E-state index in [1.807, 2.05) is 0 Å². The molecule has 5 rings (SSSR count). The molecular formula is C27H30FN7O4S. The number of nitrogens with one attached hydrogen (secondary N) is 1. The van der Waals surface area contributed by atoms with Gasteiger partial charge in [-0.25, -0.2) is 19.2 Å². The minimum absolute atomic E-state index is 0.0700. The maximum absolute atomic E-state index is 15.4. The number of aromatic nitrogens is 2. The van der Waals surface area contributed by atoms with E-state index in [0.717, 1.165) is 48.2 Å². The van der Waals surface area contributed by atoms with Crippen molar-refractivity contribution in [1.29, 1.82) is 0 Å². The monoisotopic (exact) mass is 567 g/mol. The predicted octanol–water partition coefficient (Wildman–Crippen LogP) is 3.96. The van der Waals surface area contributed by atoms with Crippen LogP contribution in [0.15, 0.2) is 48.1 Å². The zero-order valence-electron chi connectivity index (χ0n) is 22.2. The van der Waals surface area contributed by atoms with Crippen LogP contribution in [0.25, 0.3) is 0 Å². The highest BCUT2D eigenvalue weighted by Crippen LogP contribution is 2.49. The van der Waals surface area contributed by atoms with E-state index in [2.05, 4.69) is 27.2 Å². The summed E-state index contributed by atoms with van der Waals surface area (Å²) >= 11 is 1.14. The molecule has 11 nitrogen and oxygen atoms in total. The second kappa shape index (κ2) is 11.2. The summed E-state index contributed by atoms with van der Waals surface area (Å²) in [5.74, 6) is -1.31. The van der Waals surface area contributed by atoms with Gasteiger partial charge in [0.1, 0.15) is 22.7 Å². The van der Waals surface area contributed by atoms with Crippen LogP contribution >= 0.6 is 11.3 Å². The number of ether oxygens (including phenoxy) is 1. The Bertz CT molecular complexity index is 1410. The highest BCUT2D eigenvalue weighted by Gasteiger charge is 2.58. The summed E-state index contributed by atoms with van der Waals surface area (Å²) in [6, 6.07) is 7.03. The van der Waals surface area contributed by atoms with Gasteiger partial charge in [-0.1, -0.05) is 0 Å². The van der Waals surface area contributed by atoms with E-state index in [4.69, 9.17) is 10.5 Å². The average molecular weight is 568 g/mol. The zero-order chi connectivity index (χ0) is 28.4. The van der Waals surface area contributed by atoms with Gasteiger partial charge in [0.15, 0.2) is 10.9 Å². The molecular weight excluding hydrogens is 537 g/mol. The van der Waals surface area contributed by atoms with Gasteiger partial charge in [-0.3, -0.25) is 19.8 Å². The van der Waals surface area contributed by atoms with Gasteiger partial charge in [0.05, 0.1) is 5.69 Å². The molecule has 210 valence electrons. The standard InChI is InChI=1S/C27H30FN7O4S/c1-33-12-6-17(7-13-33)34(2)25(38)32-22-16-19(5-10-30-22)39-18-3-4-21(20(28)15-18)35(26-31-11-14-40-26)24(37)27(8-9-27)23(29)36/h3-5,10-11,14-17H,6-9,12-13H2,1-2H3,(H2,29,36)(H,30,32,38). The van der Waals surface area contributed by atoms with E-state index < -0.39 is 23.0 Å². The number of hydrogen-bond acceptors (Lipinski definition) is 8. The lowest BCUT2D eigenvalue weighted by Gasteiger charge is -2.34. The lowest BCUT2D eigenvalue weighted by molar-refractivity contribution is -0.133. The minimum Gasteiger partial charge on any atom is -0.457 e. The third kappa shape index (κ3) is 5.61. The number of piperidine rings is 1. The molecule has 3 aromatic rings. The summed E-state index contributed by atoms with van der Waals surface area (Å²) in [5.41, 5.74) is 4.08. The van der Waals surface area contributed by atoms with Gasteiger partial charge in [-0.15, -0.1) is 11.3 Å². The van der Waals surface area contributed by atoms with Crippen molar-refractivity contribution < 1.29 is 23.5 Å². The Labute approximate surface area is 234 Å². The van der Waals surface area contributed by atoms with Crippen LogP contribution in [0.1, 0.15) is 25.7 Å². The van der Waals surface area contributed by atoms with Crippen LogP contribution in [0, 0.1) is 11.2 Å². The number of pyridine rings is 1. The van der Waals surface area contributed by atoms with E-state index >= 15 is 4.39 Å².